The van der Waals surface area contributed by atoms with Crippen LogP contribution in [0.25, 0.3) is 102 Å². The molecule has 0 aliphatic rings. The van der Waals surface area contributed by atoms with Crippen molar-refractivity contribution in [3.05, 3.63) is 152 Å². The molecular weight excluding hydrogens is 603 g/mol. The van der Waals surface area contributed by atoms with E-state index in [1.54, 1.807) is 0 Å². The number of rotatable bonds is 2. The summed E-state index contributed by atoms with van der Waals surface area (Å²) in [6.07, 6.45) is 0. The Labute approximate surface area is 278 Å². The highest BCUT2D eigenvalue weighted by Gasteiger charge is 2.25. The lowest BCUT2D eigenvalue weighted by atomic mass is 9.99. The lowest BCUT2D eigenvalue weighted by Crippen LogP contribution is -2.04. The first-order valence-corrected chi connectivity index (χ1v) is 17.1. The van der Waals surface area contributed by atoms with Gasteiger partial charge >= 0.3 is 0 Å². The Morgan fingerprint density at radius 1 is 0.417 bits per heavy atom. The zero-order valence-electron chi connectivity index (χ0n) is 25.7. The highest BCUT2D eigenvalue weighted by Crippen LogP contribution is 2.48. The van der Waals surface area contributed by atoms with Gasteiger partial charge in [0.1, 0.15) is 5.69 Å². The van der Waals surface area contributed by atoms with Crippen molar-refractivity contribution in [2.45, 2.75) is 0 Å². The molecule has 0 amide bonds. The van der Waals surface area contributed by atoms with E-state index < -0.39 is 0 Å². The fourth-order valence-electron chi connectivity index (χ4n) is 7.94. The fraction of sp³-hybridized carbons (Fsp3) is 0. The lowest BCUT2D eigenvalue weighted by Gasteiger charge is -2.16. The molecular formula is C44H25N3S. The summed E-state index contributed by atoms with van der Waals surface area (Å²) in [5.41, 5.74) is 6.05. The number of nitrogens with zero attached hydrogens (tertiary/aromatic N) is 3. The van der Waals surface area contributed by atoms with E-state index in [2.05, 4.69) is 156 Å². The van der Waals surface area contributed by atoms with E-state index in [0.717, 1.165) is 44.4 Å². The maximum Gasteiger partial charge on any atom is 0.165 e. The molecule has 0 aliphatic carbocycles. The summed E-state index contributed by atoms with van der Waals surface area (Å²) in [7, 11) is 0. The van der Waals surface area contributed by atoms with Gasteiger partial charge in [0.25, 0.3) is 0 Å². The van der Waals surface area contributed by atoms with Gasteiger partial charge in [0.15, 0.2) is 5.82 Å². The first kappa shape index (κ1) is 26.0. The number of aromatic nitrogens is 3. The number of hydrogen-bond acceptors (Lipinski definition) is 3. The second kappa shape index (κ2) is 9.71. The molecule has 48 heavy (non-hydrogen) atoms. The van der Waals surface area contributed by atoms with Crippen molar-refractivity contribution in [2.75, 3.05) is 0 Å². The van der Waals surface area contributed by atoms with Gasteiger partial charge in [-0.3, -0.25) is 4.57 Å². The molecule has 11 aromatic rings. The number of fused-ring (bicyclic) bond motifs is 16. The molecule has 8 aromatic carbocycles. The minimum Gasteiger partial charge on any atom is -0.290 e. The largest absolute Gasteiger partial charge is 0.290 e. The van der Waals surface area contributed by atoms with Crippen LogP contribution in [-0.2, 0) is 0 Å². The van der Waals surface area contributed by atoms with Gasteiger partial charge in [-0.15, -0.1) is 11.3 Å². The summed E-state index contributed by atoms with van der Waals surface area (Å²) in [5.74, 6) is 0.842. The van der Waals surface area contributed by atoms with Crippen LogP contribution in [0.15, 0.2) is 152 Å². The Morgan fingerprint density at radius 3 is 1.65 bits per heavy atom. The molecule has 0 radical (unpaired) electrons. The van der Waals surface area contributed by atoms with E-state index in [0.29, 0.717) is 0 Å². The van der Waals surface area contributed by atoms with Crippen LogP contribution in [0.2, 0.25) is 0 Å². The van der Waals surface area contributed by atoms with Crippen molar-refractivity contribution < 1.29 is 0 Å². The molecule has 0 unspecified atom stereocenters. The molecule has 3 aromatic heterocycles. The predicted molar refractivity (Wildman–Crippen MR) is 205 cm³/mol. The monoisotopic (exact) mass is 627 g/mol. The van der Waals surface area contributed by atoms with Crippen LogP contribution in [0.5, 0.6) is 0 Å². The zero-order chi connectivity index (χ0) is 31.3. The van der Waals surface area contributed by atoms with Gasteiger partial charge in [-0.1, -0.05) is 140 Å². The molecule has 0 saturated carbocycles. The Morgan fingerprint density at radius 2 is 0.938 bits per heavy atom. The highest BCUT2D eigenvalue weighted by atomic mass is 32.1. The number of para-hydroxylation sites is 1. The van der Waals surface area contributed by atoms with Gasteiger partial charge in [-0.05, 0) is 33.7 Å². The van der Waals surface area contributed by atoms with Crippen molar-refractivity contribution in [2.24, 2.45) is 0 Å². The summed E-state index contributed by atoms with van der Waals surface area (Å²) in [5, 5.41) is 12.2. The van der Waals surface area contributed by atoms with Gasteiger partial charge < -0.3 is 0 Å². The maximum absolute atomic E-state index is 5.72. The van der Waals surface area contributed by atoms with Crippen molar-refractivity contribution in [1.29, 1.82) is 0 Å². The smallest absolute Gasteiger partial charge is 0.165 e. The quantitative estimate of drug-likeness (QED) is 0.179. The zero-order valence-corrected chi connectivity index (χ0v) is 26.5. The van der Waals surface area contributed by atoms with E-state index >= 15 is 0 Å². The summed E-state index contributed by atoms with van der Waals surface area (Å²) in [6, 6.07) is 54.3. The minimum atomic E-state index is 0.842. The topological polar surface area (TPSA) is 30.7 Å². The maximum atomic E-state index is 5.72. The Bertz CT molecular complexity index is 3120. The Balaban J connectivity index is 1.43. The van der Waals surface area contributed by atoms with Crippen LogP contribution in [0.3, 0.4) is 0 Å². The normalized spacial score (nSPS) is 12.2. The molecule has 0 bridgehead atoms. The van der Waals surface area contributed by atoms with Crippen LogP contribution < -0.4 is 0 Å². The molecule has 0 saturated heterocycles. The van der Waals surface area contributed by atoms with Crippen LogP contribution in [0.4, 0.5) is 0 Å². The van der Waals surface area contributed by atoms with E-state index in [-0.39, 0.29) is 0 Å². The Kier molecular flexibility index (Phi) is 5.26. The first-order valence-electron chi connectivity index (χ1n) is 16.3. The van der Waals surface area contributed by atoms with Crippen molar-refractivity contribution in [3.8, 4) is 17.1 Å². The lowest BCUT2D eigenvalue weighted by molar-refractivity contribution is 1.09. The molecule has 0 aliphatic heterocycles. The van der Waals surface area contributed by atoms with Crippen molar-refractivity contribution in [3.63, 3.8) is 0 Å². The average Bonchev–Trinajstić information content (AvgIpc) is 3.72. The summed E-state index contributed by atoms with van der Waals surface area (Å²) in [4.78, 5) is 11.3. The standard InChI is InChI=1S/C44H25N3S/c1-2-14-26(15-3-1)39-44(46-41-32-21-9-5-17-28(32)27-16-4-8-20-31(27)40(41)45-39)47-35-24-12-10-22-33(35)37-29-18-6-7-19-30(29)38-34-23-11-13-25-36(34)48-43(38)42(37)47/h1-25H. The fourth-order valence-corrected chi connectivity index (χ4v) is 9.20. The van der Waals surface area contributed by atoms with E-state index in [9.17, 15) is 0 Å². The van der Waals surface area contributed by atoms with Gasteiger partial charge in [-0.25, -0.2) is 9.97 Å². The summed E-state index contributed by atoms with van der Waals surface area (Å²) in [6.45, 7) is 0. The molecule has 0 N–H and O–H groups in total. The third kappa shape index (κ3) is 3.42. The van der Waals surface area contributed by atoms with Gasteiger partial charge in [0, 0.05) is 42.6 Å². The predicted octanol–water partition coefficient (Wildman–Crippen LogP) is 12.2. The van der Waals surface area contributed by atoms with Gasteiger partial charge in [0.05, 0.1) is 26.8 Å². The van der Waals surface area contributed by atoms with Crippen LogP contribution >= 0.6 is 11.3 Å². The van der Waals surface area contributed by atoms with E-state index in [1.807, 2.05) is 11.3 Å². The molecule has 4 heteroatoms. The molecule has 0 fully saturated rings. The van der Waals surface area contributed by atoms with Crippen LogP contribution in [0, 0.1) is 0 Å². The van der Waals surface area contributed by atoms with E-state index in [4.69, 9.17) is 9.97 Å². The second-order valence-corrected chi connectivity index (χ2v) is 13.5. The van der Waals surface area contributed by atoms with Crippen molar-refractivity contribution >= 4 is 96.7 Å². The third-order valence-corrected chi connectivity index (χ3v) is 11.1. The van der Waals surface area contributed by atoms with Gasteiger partial charge in [-0.2, -0.15) is 0 Å². The number of hydrogen-bond donors (Lipinski definition) is 0. The summed E-state index contributed by atoms with van der Waals surface area (Å²) >= 11 is 1.87. The van der Waals surface area contributed by atoms with Crippen LogP contribution in [0.1, 0.15) is 0 Å². The highest BCUT2D eigenvalue weighted by molar-refractivity contribution is 7.27. The SMILES string of the molecule is c1ccc(-c2nc3c4ccccc4c4ccccc4c3nc2-n2c3ccccc3c3c4ccccc4c4c5ccccc5sc4c32)cc1. The molecule has 222 valence electrons. The Hall–Kier alpha value is -6.10. The molecule has 3 nitrogen and oxygen atoms in total. The van der Waals surface area contributed by atoms with Crippen molar-refractivity contribution in [1.82, 2.24) is 14.5 Å². The molecule has 0 spiro atoms. The van der Waals surface area contributed by atoms with Gasteiger partial charge in [0.2, 0.25) is 0 Å². The minimum absolute atomic E-state index is 0.842. The third-order valence-electron chi connectivity index (χ3n) is 9.94. The van der Waals surface area contributed by atoms with E-state index in [1.165, 1.54) is 58.0 Å². The van der Waals surface area contributed by atoms with Crippen LogP contribution in [-0.4, -0.2) is 14.5 Å². The summed E-state index contributed by atoms with van der Waals surface area (Å²) < 4.78 is 4.96. The molecule has 3 heterocycles. The average molecular weight is 628 g/mol. The number of benzene rings is 8. The first-order chi connectivity index (χ1) is 23.8. The second-order valence-electron chi connectivity index (χ2n) is 12.5. The molecule has 0 atom stereocenters. The number of thiophene rings is 1. The molecule has 11 rings (SSSR count).